The number of carbonyl (C=O) groups excluding carboxylic acids is 3. The number of nitrogens with one attached hydrogen (secondary N) is 3. The number of anilines is 3. The zero-order chi connectivity index (χ0) is 25.1. The molecule has 0 saturated carbocycles. The Kier molecular flexibility index (Phi) is 7.18. The Labute approximate surface area is 203 Å². The summed E-state index contributed by atoms with van der Waals surface area (Å²) in [5.41, 5.74) is 1.37. The molecule has 10 nitrogen and oxygen atoms in total. The van der Waals surface area contributed by atoms with Crippen molar-refractivity contribution in [1.29, 1.82) is 0 Å². The minimum atomic E-state index is -0.970. The van der Waals surface area contributed by atoms with Crippen molar-refractivity contribution in [2.75, 3.05) is 35.2 Å². The number of aromatic amines is 1. The highest BCUT2D eigenvalue weighted by molar-refractivity contribution is 6.04. The van der Waals surface area contributed by atoms with Gasteiger partial charge in [0.25, 0.3) is 5.56 Å². The number of ether oxygens (including phenoxy) is 1. The third-order valence-electron chi connectivity index (χ3n) is 6.44. The third kappa shape index (κ3) is 5.36. The van der Waals surface area contributed by atoms with Crippen LogP contribution in [0.3, 0.4) is 0 Å². The molecule has 1 saturated heterocycles. The van der Waals surface area contributed by atoms with Gasteiger partial charge < -0.3 is 20.3 Å². The van der Waals surface area contributed by atoms with E-state index in [1.165, 1.54) is 0 Å². The van der Waals surface area contributed by atoms with E-state index in [0.29, 0.717) is 37.7 Å². The van der Waals surface area contributed by atoms with Crippen LogP contribution in [0, 0.1) is 5.92 Å². The number of H-pyrrole nitrogens is 1. The fourth-order valence-electron chi connectivity index (χ4n) is 4.54. The van der Waals surface area contributed by atoms with Crippen molar-refractivity contribution in [2.24, 2.45) is 5.92 Å². The summed E-state index contributed by atoms with van der Waals surface area (Å²) in [6.45, 7) is 7.18. The maximum atomic E-state index is 13.1. The highest BCUT2D eigenvalue weighted by atomic mass is 16.5. The second-order valence-electron chi connectivity index (χ2n) is 9.26. The first-order chi connectivity index (χ1) is 16.8. The van der Waals surface area contributed by atoms with E-state index in [1.807, 2.05) is 12.1 Å². The number of amides is 2. The second-order valence-corrected chi connectivity index (χ2v) is 9.26. The number of esters is 1. The van der Waals surface area contributed by atoms with Gasteiger partial charge in [-0.05, 0) is 43.4 Å². The van der Waals surface area contributed by atoms with Crippen LogP contribution in [0.2, 0.25) is 0 Å². The molecule has 4 rings (SSSR count). The van der Waals surface area contributed by atoms with E-state index < -0.39 is 17.4 Å². The minimum Gasteiger partial charge on any atom is -0.466 e. The molecule has 3 N–H and O–H groups in total. The molecule has 35 heavy (non-hydrogen) atoms. The molecular weight excluding hydrogens is 450 g/mol. The van der Waals surface area contributed by atoms with Gasteiger partial charge >= 0.3 is 5.97 Å². The fourth-order valence-corrected chi connectivity index (χ4v) is 4.54. The molecule has 2 aromatic rings. The Bertz CT molecular complexity index is 1170. The number of nitrogens with zero attached hydrogens (tertiary/aromatic N) is 2. The van der Waals surface area contributed by atoms with Gasteiger partial charge in [0.15, 0.2) is 0 Å². The molecule has 0 radical (unpaired) electrons. The Balaban J connectivity index is 1.56. The molecule has 2 aliphatic heterocycles. The Morgan fingerprint density at radius 1 is 1.23 bits per heavy atom. The largest absolute Gasteiger partial charge is 0.466 e. The summed E-state index contributed by atoms with van der Waals surface area (Å²) in [6.07, 6.45) is 1.28. The number of fused-ring (bicyclic) bond motifs is 1. The Morgan fingerprint density at radius 2 is 1.97 bits per heavy atom. The minimum absolute atomic E-state index is 0.0774. The molecule has 0 bridgehead atoms. The summed E-state index contributed by atoms with van der Waals surface area (Å²) < 4.78 is 5.14. The smallest absolute Gasteiger partial charge is 0.310 e. The highest BCUT2D eigenvalue weighted by Crippen LogP contribution is 2.31. The van der Waals surface area contributed by atoms with Crippen LogP contribution < -0.4 is 21.1 Å². The summed E-state index contributed by atoms with van der Waals surface area (Å²) in [4.78, 5) is 59.8. The van der Waals surface area contributed by atoms with Crippen molar-refractivity contribution in [1.82, 2.24) is 9.97 Å². The highest BCUT2D eigenvalue weighted by Gasteiger charge is 2.36. The van der Waals surface area contributed by atoms with E-state index in [9.17, 15) is 19.2 Å². The fraction of sp³-hybridized carbons (Fsp3) is 0.480. The summed E-state index contributed by atoms with van der Waals surface area (Å²) in [5, 5.41) is 5.45. The van der Waals surface area contributed by atoms with Crippen molar-refractivity contribution in [3.8, 4) is 0 Å². The monoisotopic (exact) mass is 481 g/mol. The Hall–Kier alpha value is -3.69. The van der Waals surface area contributed by atoms with Crippen molar-refractivity contribution in [2.45, 2.75) is 51.9 Å². The van der Waals surface area contributed by atoms with E-state index in [-0.39, 0.29) is 41.5 Å². The number of benzene rings is 1. The SMILES string of the molecule is CCOC(=O)C1CCCN(c2nc3c(c(=O)[nH]2)C(C(=O)Nc2ccc(C(C)C)cc2)CC(=O)N3)C1. The molecule has 3 heterocycles. The lowest BCUT2D eigenvalue weighted by Gasteiger charge is -2.32. The summed E-state index contributed by atoms with van der Waals surface area (Å²) in [5.74, 6) is -1.70. The number of rotatable bonds is 6. The molecule has 2 unspecified atom stereocenters. The lowest BCUT2D eigenvalue weighted by molar-refractivity contribution is -0.148. The van der Waals surface area contributed by atoms with Gasteiger partial charge in [0, 0.05) is 25.2 Å². The number of piperidine rings is 1. The van der Waals surface area contributed by atoms with E-state index in [2.05, 4.69) is 34.4 Å². The summed E-state index contributed by atoms with van der Waals surface area (Å²) >= 11 is 0. The first kappa shape index (κ1) is 24.4. The van der Waals surface area contributed by atoms with Gasteiger partial charge in [0.05, 0.1) is 24.0 Å². The molecule has 0 aliphatic carbocycles. The van der Waals surface area contributed by atoms with Gasteiger partial charge in [0.2, 0.25) is 17.8 Å². The van der Waals surface area contributed by atoms with Crippen molar-refractivity contribution in [3.63, 3.8) is 0 Å². The Morgan fingerprint density at radius 3 is 2.66 bits per heavy atom. The molecular formula is C25H31N5O5. The van der Waals surface area contributed by atoms with Crippen LogP contribution >= 0.6 is 0 Å². The molecule has 1 aromatic carbocycles. The van der Waals surface area contributed by atoms with Crippen LogP contribution in [0.25, 0.3) is 0 Å². The van der Waals surface area contributed by atoms with Gasteiger partial charge in [-0.3, -0.25) is 24.2 Å². The van der Waals surface area contributed by atoms with Crippen LogP contribution in [0.15, 0.2) is 29.1 Å². The van der Waals surface area contributed by atoms with Crippen molar-refractivity contribution < 1.29 is 19.1 Å². The van der Waals surface area contributed by atoms with Crippen LogP contribution in [0.4, 0.5) is 17.5 Å². The maximum absolute atomic E-state index is 13.1. The first-order valence-electron chi connectivity index (χ1n) is 12.0. The standard InChI is InChI=1S/C25H31N5O5/c1-4-35-24(34)16-6-5-11-30(13-16)25-28-21-20(23(33)29-25)18(12-19(31)27-21)22(32)26-17-9-7-15(8-10-17)14(2)3/h7-10,14,16,18H,4-6,11-13H2,1-3H3,(H,26,32)(H2,27,28,29,31,33). The van der Waals surface area contributed by atoms with Crippen molar-refractivity contribution >= 4 is 35.2 Å². The quantitative estimate of drug-likeness (QED) is 0.540. The number of aromatic nitrogens is 2. The van der Waals surface area contributed by atoms with Gasteiger partial charge in [-0.2, -0.15) is 4.98 Å². The zero-order valence-electron chi connectivity index (χ0n) is 20.2. The molecule has 0 spiro atoms. The maximum Gasteiger partial charge on any atom is 0.310 e. The molecule has 186 valence electrons. The lowest BCUT2D eigenvalue weighted by Crippen LogP contribution is -2.42. The predicted octanol–water partition coefficient (Wildman–Crippen LogP) is 2.74. The van der Waals surface area contributed by atoms with E-state index in [1.54, 1.807) is 24.0 Å². The zero-order valence-corrected chi connectivity index (χ0v) is 20.2. The van der Waals surface area contributed by atoms with Crippen LogP contribution in [0.1, 0.15) is 63.0 Å². The third-order valence-corrected chi connectivity index (χ3v) is 6.44. The van der Waals surface area contributed by atoms with E-state index in [0.717, 1.165) is 12.0 Å². The lowest BCUT2D eigenvalue weighted by atomic mass is 9.92. The summed E-state index contributed by atoms with van der Waals surface area (Å²) in [6, 6.07) is 7.48. The molecule has 1 fully saturated rings. The molecule has 1 aromatic heterocycles. The molecule has 2 atom stereocenters. The number of hydrogen-bond acceptors (Lipinski definition) is 7. The van der Waals surface area contributed by atoms with E-state index >= 15 is 0 Å². The van der Waals surface area contributed by atoms with Gasteiger partial charge in [-0.25, -0.2) is 0 Å². The van der Waals surface area contributed by atoms with E-state index in [4.69, 9.17) is 4.74 Å². The first-order valence-corrected chi connectivity index (χ1v) is 12.0. The van der Waals surface area contributed by atoms with Crippen LogP contribution in [-0.2, 0) is 19.1 Å². The van der Waals surface area contributed by atoms with Gasteiger partial charge in [-0.1, -0.05) is 26.0 Å². The molecule has 10 heteroatoms. The normalized spacial score (nSPS) is 19.7. The average molecular weight is 482 g/mol. The average Bonchev–Trinajstić information content (AvgIpc) is 2.83. The number of hydrogen-bond donors (Lipinski definition) is 3. The number of carbonyl (C=O) groups is 3. The summed E-state index contributed by atoms with van der Waals surface area (Å²) in [7, 11) is 0. The van der Waals surface area contributed by atoms with Gasteiger partial charge in [0.1, 0.15) is 5.82 Å². The topological polar surface area (TPSA) is 133 Å². The molecule has 2 aliphatic rings. The van der Waals surface area contributed by atoms with Crippen LogP contribution in [0.5, 0.6) is 0 Å². The van der Waals surface area contributed by atoms with Gasteiger partial charge in [-0.15, -0.1) is 0 Å². The molecule has 2 amide bonds. The second kappa shape index (κ2) is 10.3. The van der Waals surface area contributed by atoms with Crippen molar-refractivity contribution in [3.05, 3.63) is 45.7 Å². The van der Waals surface area contributed by atoms with Crippen LogP contribution in [-0.4, -0.2) is 47.4 Å². The predicted molar refractivity (Wildman–Crippen MR) is 132 cm³/mol.